The van der Waals surface area contributed by atoms with E-state index < -0.39 is 29.7 Å². The van der Waals surface area contributed by atoms with Gasteiger partial charge >= 0.3 is 18.2 Å². The molecule has 0 saturated carbocycles. The number of alkyl carbamates (subject to hydrolysis) is 1. The molecule has 0 aliphatic carbocycles. The van der Waals surface area contributed by atoms with Gasteiger partial charge in [0, 0.05) is 115 Å². The number of carbonyl (C=O) groups is 6. The van der Waals surface area contributed by atoms with Gasteiger partial charge in [0.05, 0.1) is 12.6 Å². The molecule has 19 heteroatoms. The SMILES string of the molecule is CC(C)(C)OC(=O)N1CCC(C[C@H](NC(=O)OCc2ccccc2)C(=O)N2CCN(c3ccncc3)CC2)CC1.CCOC(=O)CC(=O)N1CCC(C[C@H](N)C(=O)N2CCN(c3ccncc3)CC2)CC1. The highest BCUT2D eigenvalue weighted by atomic mass is 16.6. The predicted molar refractivity (Wildman–Crippen MR) is 268 cm³/mol. The molecule has 3 aromatic rings. The van der Waals surface area contributed by atoms with Gasteiger partial charge in [0.2, 0.25) is 17.7 Å². The Kier molecular flexibility index (Phi) is 20.2. The quantitative estimate of drug-likeness (QED) is 0.127. The number of rotatable bonds is 14. The van der Waals surface area contributed by atoms with Crippen LogP contribution in [0.2, 0.25) is 0 Å². The molecule has 2 aromatic heterocycles. The third-order valence-corrected chi connectivity index (χ3v) is 13.3. The van der Waals surface area contributed by atoms with E-state index in [1.807, 2.05) is 85.2 Å². The molecule has 4 aliphatic heterocycles. The molecule has 6 heterocycles. The van der Waals surface area contributed by atoms with E-state index in [0.29, 0.717) is 84.2 Å². The van der Waals surface area contributed by atoms with Crippen molar-refractivity contribution in [2.24, 2.45) is 17.6 Å². The lowest BCUT2D eigenvalue weighted by Gasteiger charge is -2.38. The van der Waals surface area contributed by atoms with Gasteiger partial charge in [-0.2, -0.15) is 0 Å². The molecule has 0 radical (unpaired) electrons. The average Bonchev–Trinajstić information content (AvgIpc) is 3.38. The van der Waals surface area contributed by atoms with Crippen LogP contribution >= 0.6 is 0 Å². The normalized spacial score (nSPS) is 17.8. The molecule has 4 fully saturated rings. The zero-order valence-electron chi connectivity index (χ0n) is 42.0. The smallest absolute Gasteiger partial charge is 0.410 e. The van der Waals surface area contributed by atoms with Gasteiger partial charge in [-0.1, -0.05) is 30.3 Å². The number of esters is 1. The number of hydrogen-bond donors (Lipinski definition) is 2. The fourth-order valence-corrected chi connectivity index (χ4v) is 9.40. The Bertz CT molecular complexity index is 2150. The minimum atomic E-state index is -0.700. The third-order valence-electron chi connectivity index (χ3n) is 13.3. The molecule has 19 nitrogen and oxygen atoms in total. The zero-order chi connectivity index (χ0) is 50.8. The fourth-order valence-electron chi connectivity index (χ4n) is 9.40. The lowest BCUT2D eigenvalue weighted by molar-refractivity contribution is -0.149. The van der Waals surface area contributed by atoms with Crippen LogP contribution in [-0.2, 0) is 40.0 Å². The number of piperazine rings is 2. The van der Waals surface area contributed by atoms with Crippen molar-refractivity contribution in [2.45, 2.75) is 96.9 Å². The molecule has 0 spiro atoms. The Labute approximate surface area is 418 Å². The maximum Gasteiger partial charge on any atom is 0.410 e. The lowest BCUT2D eigenvalue weighted by atomic mass is 9.89. The molecule has 0 bridgehead atoms. The Hall–Kier alpha value is -6.50. The van der Waals surface area contributed by atoms with Crippen molar-refractivity contribution in [2.75, 3.05) is 94.9 Å². The molecular formula is C52H74N10O9. The van der Waals surface area contributed by atoms with E-state index in [9.17, 15) is 28.8 Å². The maximum atomic E-state index is 13.7. The Morgan fingerprint density at radius 2 is 1.13 bits per heavy atom. The van der Waals surface area contributed by atoms with Gasteiger partial charge in [-0.25, -0.2) is 9.59 Å². The van der Waals surface area contributed by atoms with Crippen LogP contribution in [0.15, 0.2) is 79.4 Å². The number of piperidine rings is 2. The fraction of sp³-hybridized carbons (Fsp3) is 0.577. The number of nitrogens with two attached hydrogens (primary N) is 1. The van der Waals surface area contributed by atoms with Gasteiger partial charge in [0.15, 0.2) is 0 Å². The summed E-state index contributed by atoms with van der Waals surface area (Å²) in [6.07, 6.45) is 10.1. The maximum absolute atomic E-state index is 13.7. The first-order chi connectivity index (χ1) is 34.1. The summed E-state index contributed by atoms with van der Waals surface area (Å²) in [6.45, 7) is 15.4. The summed E-state index contributed by atoms with van der Waals surface area (Å²) >= 11 is 0. The van der Waals surface area contributed by atoms with Crippen LogP contribution in [0.3, 0.4) is 0 Å². The second kappa shape index (κ2) is 26.6. The first-order valence-corrected chi connectivity index (χ1v) is 25.2. The summed E-state index contributed by atoms with van der Waals surface area (Å²) in [5.41, 5.74) is 8.80. The summed E-state index contributed by atoms with van der Waals surface area (Å²) in [7, 11) is 0. The predicted octanol–water partition coefficient (Wildman–Crippen LogP) is 4.70. The van der Waals surface area contributed by atoms with Crippen molar-refractivity contribution in [3.05, 3.63) is 84.9 Å². The van der Waals surface area contributed by atoms with E-state index in [2.05, 4.69) is 25.1 Å². The summed E-state index contributed by atoms with van der Waals surface area (Å²) in [6, 6.07) is 16.1. The van der Waals surface area contributed by atoms with Crippen molar-refractivity contribution in [3.8, 4) is 0 Å². The number of pyridine rings is 2. The second-order valence-electron chi connectivity index (χ2n) is 19.6. The van der Waals surface area contributed by atoms with Crippen LogP contribution in [0, 0.1) is 11.8 Å². The number of amides is 5. The summed E-state index contributed by atoms with van der Waals surface area (Å²) < 4.78 is 15.8. The summed E-state index contributed by atoms with van der Waals surface area (Å²) in [4.78, 5) is 95.2. The highest BCUT2D eigenvalue weighted by molar-refractivity contribution is 5.94. The minimum absolute atomic E-state index is 0.00944. The van der Waals surface area contributed by atoms with E-state index >= 15 is 0 Å². The molecule has 4 saturated heterocycles. The van der Waals surface area contributed by atoms with E-state index in [1.54, 1.807) is 41.5 Å². The van der Waals surface area contributed by atoms with Crippen LogP contribution in [-0.4, -0.2) is 168 Å². The molecule has 1 aromatic carbocycles. The molecule has 7 rings (SSSR count). The zero-order valence-corrected chi connectivity index (χ0v) is 42.0. The van der Waals surface area contributed by atoms with E-state index in [-0.39, 0.29) is 49.4 Å². The van der Waals surface area contributed by atoms with Crippen LogP contribution in [0.4, 0.5) is 21.0 Å². The number of hydrogen-bond acceptors (Lipinski definition) is 14. The molecule has 386 valence electrons. The molecule has 5 amide bonds. The molecule has 3 N–H and O–H groups in total. The van der Waals surface area contributed by atoms with E-state index in [1.165, 1.54) is 0 Å². The van der Waals surface area contributed by atoms with Crippen molar-refractivity contribution in [1.82, 2.24) is 34.9 Å². The topological polar surface area (TPSA) is 213 Å². The van der Waals surface area contributed by atoms with Crippen molar-refractivity contribution < 1.29 is 43.0 Å². The van der Waals surface area contributed by atoms with Crippen LogP contribution < -0.4 is 20.9 Å². The van der Waals surface area contributed by atoms with Gasteiger partial charge in [0.1, 0.15) is 24.7 Å². The number of nitrogens with zero attached hydrogens (tertiary/aromatic N) is 8. The lowest BCUT2D eigenvalue weighted by Crippen LogP contribution is -2.55. The van der Waals surface area contributed by atoms with Crippen LogP contribution in [0.25, 0.3) is 0 Å². The molecule has 2 atom stereocenters. The number of aromatic nitrogens is 2. The van der Waals surface area contributed by atoms with E-state index in [4.69, 9.17) is 19.9 Å². The number of carbonyl (C=O) groups excluding carboxylic acids is 6. The van der Waals surface area contributed by atoms with Gasteiger partial charge in [-0.15, -0.1) is 0 Å². The highest BCUT2D eigenvalue weighted by Gasteiger charge is 2.35. The first-order valence-electron chi connectivity index (χ1n) is 25.2. The van der Waals surface area contributed by atoms with Gasteiger partial charge in [-0.05, 0) is 108 Å². The summed E-state index contributed by atoms with van der Waals surface area (Å²) in [5, 5.41) is 2.86. The number of nitrogens with one attached hydrogen (secondary N) is 1. The average molecular weight is 983 g/mol. The van der Waals surface area contributed by atoms with Crippen LogP contribution in [0.5, 0.6) is 0 Å². The number of anilines is 2. The standard InChI is InChI=1S/C30H41N5O5.C22H33N5O4/c1-30(2,3)40-29(38)35-15-11-23(12-16-35)21-26(32-28(37)39-22-24-7-5-4-6-8-24)27(36)34-19-17-33(18-20-34)25-9-13-31-14-10-25;1-2-31-21(29)16-20(28)26-9-5-17(6-10-26)15-19(23)22(30)27-13-11-25(12-14-27)18-3-7-24-8-4-18/h4-10,13-14,23,26H,11-12,15-22H2,1-3H3,(H,32,37);3-4,7-8,17,19H,2,5-6,9-16,23H2,1H3/t26-;19-/m00/s1. The molecule has 0 unspecified atom stereocenters. The monoisotopic (exact) mass is 983 g/mol. The van der Waals surface area contributed by atoms with Crippen molar-refractivity contribution in [1.29, 1.82) is 0 Å². The highest BCUT2D eigenvalue weighted by Crippen LogP contribution is 2.26. The van der Waals surface area contributed by atoms with Crippen LogP contribution in [0.1, 0.15) is 78.2 Å². The number of likely N-dealkylation sites (tertiary alicyclic amines) is 2. The molecular weight excluding hydrogens is 909 g/mol. The number of benzene rings is 1. The minimum Gasteiger partial charge on any atom is -0.466 e. The van der Waals surface area contributed by atoms with Gasteiger partial charge < -0.3 is 54.7 Å². The first kappa shape index (κ1) is 53.8. The number of ether oxygens (including phenoxy) is 3. The van der Waals surface area contributed by atoms with E-state index in [0.717, 1.165) is 55.7 Å². The Morgan fingerprint density at radius 1 is 0.634 bits per heavy atom. The van der Waals surface area contributed by atoms with Gasteiger partial charge in [0.25, 0.3) is 0 Å². The van der Waals surface area contributed by atoms with Crippen molar-refractivity contribution in [3.63, 3.8) is 0 Å². The summed E-state index contributed by atoms with van der Waals surface area (Å²) in [5.74, 6) is -0.268. The van der Waals surface area contributed by atoms with Gasteiger partial charge in [-0.3, -0.25) is 29.1 Å². The Balaban J connectivity index is 0.000000240. The largest absolute Gasteiger partial charge is 0.466 e. The van der Waals surface area contributed by atoms with Crippen molar-refractivity contribution >= 4 is 47.3 Å². The Morgan fingerprint density at radius 3 is 1.63 bits per heavy atom. The second-order valence-corrected chi connectivity index (χ2v) is 19.6. The molecule has 4 aliphatic rings. The molecule has 71 heavy (non-hydrogen) atoms. The third kappa shape index (κ3) is 17.1.